The Morgan fingerprint density at radius 3 is 2.62 bits per heavy atom. The molecule has 3 amide bonds. The molecule has 2 heterocycles. The Kier molecular flexibility index (Phi) is 5.30. The zero-order chi connectivity index (χ0) is 15.4. The number of likely N-dealkylation sites (tertiary alicyclic amines) is 2. The molecule has 2 atom stereocenters. The third-order valence-corrected chi connectivity index (χ3v) is 4.25. The van der Waals surface area contributed by atoms with Gasteiger partial charge in [0.2, 0.25) is 17.7 Å². The summed E-state index contributed by atoms with van der Waals surface area (Å²) in [5, 5.41) is 2.35. The fourth-order valence-electron chi connectivity index (χ4n) is 2.80. The second-order valence-electron chi connectivity index (χ2n) is 6.06. The molecule has 0 aromatic heterocycles. The topological polar surface area (TPSA) is 95.7 Å². The van der Waals surface area contributed by atoms with E-state index in [9.17, 15) is 14.4 Å². The first-order valence-electron chi connectivity index (χ1n) is 7.54. The highest BCUT2D eigenvalue weighted by molar-refractivity contribution is 5.98. The molecule has 0 radical (unpaired) electrons. The number of nitrogens with one attached hydrogen (secondary N) is 1. The largest absolute Gasteiger partial charge is 0.333 e. The summed E-state index contributed by atoms with van der Waals surface area (Å²) in [5.74, 6) is -0.293. The highest BCUT2D eigenvalue weighted by Gasteiger charge is 2.26. The lowest BCUT2D eigenvalue weighted by Crippen LogP contribution is -2.51. The van der Waals surface area contributed by atoms with Crippen molar-refractivity contribution in [3.05, 3.63) is 0 Å². The van der Waals surface area contributed by atoms with Crippen molar-refractivity contribution in [1.29, 1.82) is 0 Å². The summed E-state index contributed by atoms with van der Waals surface area (Å²) in [6, 6.07) is 0.0736. The van der Waals surface area contributed by atoms with Crippen LogP contribution >= 0.6 is 0 Å². The minimum absolute atomic E-state index is 0.0198. The van der Waals surface area contributed by atoms with Crippen LogP contribution in [0.15, 0.2) is 0 Å². The number of carbonyl (C=O) groups is 3. The number of imide groups is 1. The molecule has 2 unspecified atom stereocenters. The van der Waals surface area contributed by atoms with E-state index in [0.29, 0.717) is 25.4 Å². The molecule has 0 aliphatic carbocycles. The molecule has 2 aliphatic heterocycles. The van der Waals surface area contributed by atoms with Gasteiger partial charge in [0.25, 0.3) is 0 Å². The van der Waals surface area contributed by atoms with E-state index in [1.54, 1.807) is 0 Å². The van der Waals surface area contributed by atoms with Crippen molar-refractivity contribution in [1.82, 2.24) is 15.1 Å². The molecule has 21 heavy (non-hydrogen) atoms. The Morgan fingerprint density at radius 2 is 2.00 bits per heavy atom. The van der Waals surface area contributed by atoms with Crippen LogP contribution in [0, 0.1) is 5.92 Å². The quantitative estimate of drug-likeness (QED) is 0.688. The summed E-state index contributed by atoms with van der Waals surface area (Å²) in [6.07, 6.45) is 2.24. The van der Waals surface area contributed by atoms with Crippen LogP contribution in [0.3, 0.4) is 0 Å². The molecule has 0 aromatic carbocycles. The monoisotopic (exact) mass is 296 g/mol. The molecule has 0 aromatic rings. The molecule has 3 N–H and O–H groups in total. The number of amides is 3. The maximum atomic E-state index is 11.8. The van der Waals surface area contributed by atoms with E-state index in [0.717, 1.165) is 19.4 Å². The lowest BCUT2D eigenvalue weighted by Gasteiger charge is -2.34. The van der Waals surface area contributed by atoms with Crippen molar-refractivity contribution in [2.45, 2.75) is 32.2 Å². The number of piperidine rings is 1. The van der Waals surface area contributed by atoms with E-state index < -0.39 is 5.91 Å². The zero-order valence-electron chi connectivity index (χ0n) is 12.5. The normalized spacial score (nSPS) is 27.0. The van der Waals surface area contributed by atoms with Gasteiger partial charge in [-0.15, -0.1) is 0 Å². The average Bonchev–Trinajstić information content (AvgIpc) is 2.79. The summed E-state index contributed by atoms with van der Waals surface area (Å²) >= 11 is 0. The van der Waals surface area contributed by atoms with Crippen molar-refractivity contribution >= 4 is 17.7 Å². The van der Waals surface area contributed by atoms with Gasteiger partial charge >= 0.3 is 0 Å². The van der Waals surface area contributed by atoms with Crippen LogP contribution in [0.4, 0.5) is 0 Å². The van der Waals surface area contributed by atoms with E-state index >= 15 is 0 Å². The Bertz CT molecular complexity index is 426. The zero-order valence-corrected chi connectivity index (χ0v) is 12.5. The van der Waals surface area contributed by atoms with Gasteiger partial charge in [0, 0.05) is 25.6 Å². The summed E-state index contributed by atoms with van der Waals surface area (Å²) in [4.78, 5) is 38.5. The Hall–Kier alpha value is -1.47. The van der Waals surface area contributed by atoms with Crippen molar-refractivity contribution in [3.8, 4) is 0 Å². The van der Waals surface area contributed by atoms with Crippen molar-refractivity contribution in [2.75, 3.05) is 32.7 Å². The number of hydrogen-bond acceptors (Lipinski definition) is 5. The SMILES string of the molecule is CC1CCN(CC(=O)NC(=O)CN2CCCC2=O)CC1N. The van der Waals surface area contributed by atoms with Gasteiger partial charge in [-0.25, -0.2) is 0 Å². The lowest BCUT2D eigenvalue weighted by atomic mass is 9.94. The Balaban J connectivity index is 1.71. The fraction of sp³-hybridized carbons (Fsp3) is 0.786. The highest BCUT2D eigenvalue weighted by atomic mass is 16.2. The molecule has 2 aliphatic rings. The van der Waals surface area contributed by atoms with Crippen molar-refractivity contribution in [3.63, 3.8) is 0 Å². The molecular formula is C14H24N4O3. The van der Waals surface area contributed by atoms with Gasteiger partial charge in [0.1, 0.15) is 0 Å². The smallest absolute Gasteiger partial charge is 0.246 e. The van der Waals surface area contributed by atoms with E-state index in [2.05, 4.69) is 12.2 Å². The molecule has 0 spiro atoms. The van der Waals surface area contributed by atoms with Gasteiger partial charge in [0.15, 0.2) is 0 Å². The standard InChI is InChI=1S/C14H24N4O3/c1-10-4-6-17(7-11(10)15)8-12(19)16-13(20)9-18-5-2-3-14(18)21/h10-11H,2-9,15H2,1H3,(H,16,19,20). The van der Waals surface area contributed by atoms with Gasteiger partial charge in [-0.1, -0.05) is 6.92 Å². The molecule has 7 nitrogen and oxygen atoms in total. The third kappa shape index (κ3) is 4.50. The minimum Gasteiger partial charge on any atom is -0.333 e. The van der Waals surface area contributed by atoms with Crippen molar-refractivity contribution in [2.24, 2.45) is 11.7 Å². The van der Waals surface area contributed by atoms with E-state index in [4.69, 9.17) is 5.73 Å². The van der Waals surface area contributed by atoms with Gasteiger partial charge in [-0.2, -0.15) is 0 Å². The van der Waals surface area contributed by atoms with Gasteiger partial charge < -0.3 is 10.6 Å². The Labute approximate surface area is 124 Å². The Morgan fingerprint density at radius 1 is 1.29 bits per heavy atom. The lowest BCUT2D eigenvalue weighted by molar-refractivity contribution is -0.136. The summed E-state index contributed by atoms with van der Waals surface area (Å²) < 4.78 is 0. The van der Waals surface area contributed by atoms with Gasteiger partial charge in [0.05, 0.1) is 13.1 Å². The molecule has 0 bridgehead atoms. The number of nitrogens with two attached hydrogens (primary N) is 1. The summed E-state index contributed by atoms with van der Waals surface area (Å²) in [6.45, 7) is 4.35. The van der Waals surface area contributed by atoms with Crippen LogP contribution in [-0.2, 0) is 14.4 Å². The molecule has 2 fully saturated rings. The molecular weight excluding hydrogens is 272 g/mol. The van der Waals surface area contributed by atoms with Crippen LogP contribution in [-0.4, -0.2) is 66.3 Å². The average molecular weight is 296 g/mol. The van der Waals surface area contributed by atoms with Crippen molar-refractivity contribution < 1.29 is 14.4 Å². The molecule has 7 heteroatoms. The van der Waals surface area contributed by atoms with E-state index in [1.165, 1.54) is 4.90 Å². The van der Waals surface area contributed by atoms with Crippen LogP contribution < -0.4 is 11.1 Å². The van der Waals surface area contributed by atoms with Crippen LogP contribution in [0.2, 0.25) is 0 Å². The molecule has 2 saturated heterocycles. The predicted molar refractivity (Wildman–Crippen MR) is 77.2 cm³/mol. The second-order valence-corrected chi connectivity index (χ2v) is 6.06. The molecule has 0 saturated carbocycles. The van der Waals surface area contributed by atoms with Gasteiger partial charge in [-0.05, 0) is 25.3 Å². The number of carbonyl (C=O) groups excluding carboxylic acids is 3. The maximum absolute atomic E-state index is 11.8. The van der Waals surface area contributed by atoms with Crippen LogP contribution in [0.25, 0.3) is 0 Å². The van der Waals surface area contributed by atoms with Crippen LogP contribution in [0.1, 0.15) is 26.2 Å². The van der Waals surface area contributed by atoms with Crippen LogP contribution in [0.5, 0.6) is 0 Å². The molecule has 118 valence electrons. The first-order valence-corrected chi connectivity index (χ1v) is 7.54. The summed E-state index contributed by atoms with van der Waals surface area (Å²) in [5.41, 5.74) is 5.99. The first kappa shape index (κ1) is 15.9. The minimum atomic E-state index is -0.412. The van der Waals surface area contributed by atoms with E-state index in [-0.39, 0.29) is 30.9 Å². The summed E-state index contributed by atoms with van der Waals surface area (Å²) in [7, 11) is 0. The van der Waals surface area contributed by atoms with Gasteiger partial charge in [-0.3, -0.25) is 24.6 Å². The first-order chi connectivity index (χ1) is 9.95. The third-order valence-electron chi connectivity index (χ3n) is 4.25. The maximum Gasteiger partial charge on any atom is 0.246 e. The number of rotatable bonds is 4. The van der Waals surface area contributed by atoms with E-state index in [1.807, 2.05) is 4.90 Å². The number of nitrogens with zero attached hydrogens (tertiary/aromatic N) is 2. The molecule has 2 rings (SSSR count). The fourth-order valence-corrected chi connectivity index (χ4v) is 2.80. The second kappa shape index (κ2) is 7.00. The predicted octanol–water partition coefficient (Wildman–Crippen LogP) is -1.08. The highest BCUT2D eigenvalue weighted by Crippen LogP contribution is 2.14. The number of hydrogen-bond donors (Lipinski definition) is 2.